The van der Waals surface area contributed by atoms with E-state index in [0.717, 1.165) is 12.8 Å². The molecule has 0 aliphatic heterocycles. The van der Waals surface area contributed by atoms with E-state index in [1.807, 2.05) is 6.08 Å². The minimum absolute atomic E-state index is 0.202. The van der Waals surface area contributed by atoms with Crippen molar-refractivity contribution in [3.8, 4) is 0 Å². The molecule has 2 nitrogen and oxygen atoms in total. The molecule has 0 fully saturated rings. The van der Waals surface area contributed by atoms with Crippen LogP contribution in [-0.4, -0.2) is 5.24 Å². The molecule has 1 aliphatic carbocycles. The summed E-state index contributed by atoms with van der Waals surface area (Å²) in [5.74, 6) is -0.202. The first-order valence-electron chi connectivity index (χ1n) is 2.86. The van der Waals surface area contributed by atoms with Gasteiger partial charge in [-0.1, -0.05) is 6.08 Å². The summed E-state index contributed by atoms with van der Waals surface area (Å²) in [4.78, 5) is 10.5. The highest BCUT2D eigenvalue weighted by Crippen LogP contribution is 2.23. The molecular formula is C6H8ClNO. The lowest BCUT2D eigenvalue weighted by atomic mass is 10.1. The molecule has 1 atom stereocenters. The van der Waals surface area contributed by atoms with Crippen LogP contribution in [0.4, 0.5) is 0 Å². The lowest BCUT2D eigenvalue weighted by molar-refractivity contribution is -0.114. The number of hydrogen-bond acceptors (Lipinski definition) is 2. The Morgan fingerprint density at radius 2 is 2.56 bits per heavy atom. The maximum atomic E-state index is 10.5. The maximum Gasteiger partial charge on any atom is 0.230 e. The van der Waals surface area contributed by atoms with Crippen molar-refractivity contribution in [2.75, 3.05) is 0 Å². The van der Waals surface area contributed by atoms with Gasteiger partial charge < -0.3 is 5.73 Å². The van der Waals surface area contributed by atoms with Gasteiger partial charge in [0, 0.05) is 5.70 Å². The Hall–Kier alpha value is -0.500. The molecule has 2 N–H and O–H groups in total. The molecule has 3 heteroatoms. The van der Waals surface area contributed by atoms with Crippen LogP contribution in [0, 0.1) is 5.92 Å². The first-order valence-corrected chi connectivity index (χ1v) is 3.24. The van der Waals surface area contributed by atoms with E-state index in [2.05, 4.69) is 0 Å². The van der Waals surface area contributed by atoms with Crippen molar-refractivity contribution in [3.63, 3.8) is 0 Å². The van der Waals surface area contributed by atoms with Gasteiger partial charge in [0.15, 0.2) is 0 Å². The molecule has 9 heavy (non-hydrogen) atoms. The molecule has 1 unspecified atom stereocenters. The highest BCUT2D eigenvalue weighted by molar-refractivity contribution is 6.64. The van der Waals surface area contributed by atoms with Gasteiger partial charge in [-0.05, 0) is 24.4 Å². The summed E-state index contributed by atoms with van der Waals surface area (Å²) < 4.78 is 0. The third kappa shape index (κ3) is 1.24. The number of nitrogens with two attached hydrogens (primary N) is 1. The Morgan fingerprint density at radius 3 is 2.78 bits per heavy atom. The summed E-state index contributed by atoms with van der Waals surface area (Å²) in [6, 6.07) is 0. The molecule has 0 aromatic carbocycles. The Kier molecular flexibility index (Phi) is 1.76. The van der Waals surface area contributed by atoms with Crippen LogP contribution in [0.5, 0.6) is 0 Å². The zero-order valence-corrected chi connectivity index (χ0v) is 5.69. The number of halogens is 1. The third-order valence-corrected chi connectivity index (χ3v) is 1.78. The quantitative estimate of drug-likeness (QED) is 0.560. The fraction of sp³-hybridized carbons (Fsp3) is 0.500. The second-order valence-electron chi connectivity index (χ2n) is 2.14. The van der Waals surface area contributed by atoms with Gasteiger partial charge in [0.25, 0.3) is 0 Å². The van der Waals surface area contributed by atoms with E-state index in [4.69, 9.17) is 17.3 Å². The lowest BCUT2D eigenvalue weighted by Crippen LogP contribution is -2.13. The fourth-order valence-electron chi connectivity index (χ4n) is 0.970. The number of carbonyl (C=O) groups excluding carboxylic acids is 1. The molecule has 0 aromatic heterocycles. The first kappa shape index (κ1) is 6.62. The topological polar surface area (TPSA) is 43.1 Å². The summed E-state index contributed by atoms with van der Waals surface area (Å²) in [5.41, 5.74) is 6.07. The molecule has 0 bridgehead atoms. The summed E-state index contributed by atoms with van der Waals surface area (Å²) in [5, 5.41) is -0.332. The Balaban J connectivity index is 2.63. The van der Waals surface area contributed by atoms with E-state index in [1.54, 1.807) is 0 Å². The van der Waals surface area contributed by atoms with Gasteiger partial charge in [0.2, 0.25) is 5.24 Å². The van der Waals surface area contributed by atoms with Crippen LogP contribution in [0.2, 0.25) is 0 Å². The van der Waals surface area contributed by atoms with Crippen molar-refractivity contribution in [2.24, 2.45) is 11.7 Å². The van der Waals surface area contributed by atoms with Crippen LogP contribution in [0.3, 0.4) is 0 Å². The van der Waals surface area contributed by atoms with Gasteiger partial charge in [-0.25, -0.2) is 0 Å². The van der Waals surface area contributed by atoms with Gasteiger partial charge in [0.1, 0.15) is 0 Å². The molecule has 0 saturated carbocycles. The number of rotatable bonds is 1. The monoisotopic (exact) mass is 145 g/mol. The van der Waals surface area contributed by atoms with Crippen molar-refractivity contribution >= 4 is 16.8 Å². The van der Waals surface area contributed by atoms with Gasteiger partial charge in [-0.2, -0.15) is 0 Å². The molecule has 0 saturated heterocycles. The van der Waals surface area contributed by atoms with Crippen LogP contribution < -0.4 is 5.73 Å². The molecule has 1 aliphatic rings. The van der Waals surface area contributed by atoms with Crippen molar-refractivity contribution in [2.45, 2.75) is 12.8 Å². The van der Waals surface area contributed by atoms with E-state index in [0.29, 0.717) is 5.70 Å². The van der Waals surface area contributed by atoms with Crippen molar-refractivity contribution in [1.82, 2.24) is 0 Å². The zero-order chi connectivity index (χ0) is 6.85. The summed E-state index contributed by atoms with van der Waals surface area (Å²) in [7, 11) is 0. The van der Waals surface area contributed by atoms with Gasteiger partial charge >= 0.3 is 0 Å². The standard InChI is InChI=1S/C6H8ClNO/c7-6(9)4-2-1-3-5(4)8/h3-4H,1-2,8H2. The minimum Gasteiger partial charge on any atom is -0.402 e. The average molecular weight is 146 g/mol. The van der Waals surface area contributed by atoms with Crippen LogP contribution in [0.15, 0.2) is 11.8 Å². The SMILES string of the molecule is NC1=CCCC1C(=O)Cl. The van der Waals surface area contributed by atoms with Crippen LogP contribution in [0.25, 0.3) is 0 Å². The molecule has 0 heterocycles. The van der Waals surface area contributed by atoms with Crippen molar-refractivity contribution < 1.29 is 4.79 Å². The molecular weight excluding hydrogens is 138 g/mol. The average Bonchev–Trinajstić information content (AvgIpc) is 2.13. The van der Waals surface area contributed by atoms with Crippen molar-refractivity contribution in [1.29, 1.82) is 0 Å². The largest absolute Gasteiger partial charge is 0.402 e. The minimum atomic E-state index is -0.332. The second kappa shape index (κ2) is 2.40. The Labute approximate surface area is 58.7 Å². The van der Waals surface area contributed by atoms with E-state index in [1.165, 1.54) is 0 Å². The Bertz CT molecular complexity index is 164. The molecule has 1 rings (SSSR count). The molecule has 0 radical (unpaired) electrons. The highest BCUT2D eigenvalue weighted by atomic mass is 35.5. The van der Waals surface area contributed by atoms with Crippen LogP contribution in [0.1, 0.15) is 12.8 Å². The van der Waals surface area contributed by atoms with Crippen molar-refractivity contribution in [3.05, 3.63) is 11.8 Å². The molecule has 0 spiro atoms. The molecule has 0 aromatic rings. The number of carbonyl (C=O) groups is 1. The van der Waals surface area contributed by atoms with E-state index >= 15 is 0 Å². The maximum absolute atomic E-state index is 10.5. The smallest absolute Gasteiger partial charge is 0.230 e. The summed E-state index contributed by atoms with van der Waals surface area (Å²) in [6.45, 7) is 0. The lowest BCUT2D eigenvalue weighted by Gasteiger charge is -2.02. The normalized spacial score (nSPS) is 25.9. The third-order valence-electron chi connectivity index (χ3n) is 1.51. The van der Waals surface area contributed by atoms with E-state index in [9.17, 15) is 4.79 Å². The first-order chi connectivity index (χ1) is 4.22. The second-order valence-corrected chi connectivity index (χ2v) is 2.51. The van der Waals surface area contributed by atoms with E-state index in [-0.39, 0.29) is 11.2 Å². The highest BCUT2D eigenvalue weighted by Gasteiger charge is 2.22. The Morgan fingerprint density at radius 1 is 1.89 bits per heavy atom. The van der Waals surface area contributed by atoms with Gasteiger partial charge in [-0.3, -0.25) is 4.79 Å². The number of hydrogen-bond donors (Lipinski definition) is 1. The zero-order valence-electron chi connectivity index (χ0n) is 4.93. The van der Waals surface area contributed by atoms with Crippen LogP contribution in [-0.2, 0) is 4.79 Å². The molecule has 0 amide bonds. The van der Waals surface area contributed by atoms with Gasteiger partial charge in [-0.15, -0.1) is 0 Å². The fourth-order valence-corrected chi connectivity index (χ4v) is 1.21. The number of allylic oxidation sites excluding steroid dienone is 2. The summed E-state index contributed by atoms with van der Waals surface area (Å²) in [6.07, 6.45) is 3.52. The predicted octanol–water partition coefficient (Wildman–Crippen LogP) is 1.00. The van der Waals surface area contributed by atoms with Crippen LogP contribution >= 0.6 is 11.6 Å². The molecule has 50 valence electrons. The van der Waals surface area contributed by atoms with E-state index < -0.39 is 0 Å². The summed E-state index contributed by atoms with van der Waals surface area (Å²) >= 11 is 5.22. The van der Waals surface area contributed by atoms with Gasteiger partial charge in [0.05, 0.1) is 5.92 Å². The predicted molar refractivity (Wildman–Crippen MR) is 35.9 cm³/mol.